The minimum absolute atomic E-state index is 0.00203. The first-order valence-electron chi connectivity index (χ1n) is 10.1. The van der Waals surface area contributed by atoms with Gasteiger partial charge in [0.25, 0.3) is 0 Å². The van der Waals surface area contributed by atoms with Crippen molar-refractivity contribution in [3.63, 3.8) is 0 Å². The zero-order chi connectivity index (χ0) is 17.2. The van der Waals surface area contributed by atoms with Crippen LogP contribution in [0.15, 0.2) is 0 Å². The van der Waals surface area contributed by atoms with E-state index in [0.717, 1.165) is 12.8 Å². The normalized spacial score (nSPS) is 12.5. The van der Waals surface area contributed by atoms with Gasteiger partial charge in [0, 0.05) is 6.42 Å². The second-order valence-corrected chi connectivity index (χ2v) is 6.96. The molecule has 0 heterocycles. The molecule has 138 valence electrons. The molecule has 0 saturated heterocycles. The number of hydrogen-bond donors (Lipinski definition) is 2. The van der Waals surface area contributed by atoms with Crippen LogP contribution in [0.4, 0.5) is 0 Å². The lowest BCUT2D eigenvalue weighted by molar-refractivity contribution is -0.121. The highest BCUT2D eigenvalue weighted by Crippen LogP contribution is 2.13. The predicted molar refractivity (Wildman–Crippen MR) is 99.6 cm³/mol. The Morgan fingerprint density at radius 3 is 1.43 bits per heavy atom. The van der Waals surface area contributed by atoms with E-state index < -0.39 is 6.04 Å². The maximum Gasteiger partial charge on any atom is 0.151 e. The molecule has 3 nitrogen and oxygen atoms in total. The zero-order valence-electron chi connectivity index (χ0n) is 15.5. The maximum absolute atomic E-state index is 11.4. The lowest BCUT2D eigenvalue weighted by atomic mass is 10.0. The van der Waals surface area contributed by atoms with E-state index in [9.17, 15) is 4.79 Å². The van der Waals surface area contributed by atoms with Crippen LogP contribution in [0, 0.1) is 0 Å². The SMILES string of the molecule is CCCCCCCCCCCCCCCCCC(=O)C(N)CO. The first kappa shape index (κ1) is 22.6. The summed E-state index contributed by atoms with van der Waals surface area (Å²) in [5, 5.41) is 8.78. The van der Waals surface area contributed by atoms with E-state index in [4.69, 9.17) is 10.8 Å². The minimum atomic E-state index is -0.665. The lowest BCUT2D eigenvalue weighted by Gasteiger charge is -2.06. The van der Waals surface area contributed by atoms with Crippen molar-refractivity contribution in [3.8, 4) is 0 Å². The molecular formula is C20H41NO2. The smallest absolute Gasteiger partial charge is 0.151 e. The molecule has 23 heavy (non-hydrogen) atoms. The van der Waals surface area contributed by atoms with Crippen molar-refractivity contribution in [1.29, 1.82) is 0 Å². The molecule has 0 aromatic rings. The number of Topliss-reactive ketones (excluding diaryl/α,β-unsaturated/α-hetero) is 1. The van der Waals surface area contributed by atoms with Gasteiger partial charge >= 0.3 is 0 Å². The molecule has 1 atom stereocenters. The number of nitrogens with two attached hydrogens (primary N) is 1. The van der Waals surface area contributed by atoms with E-state index in [-0.39, 0.29) is 12.4 Å². The van der Waals surface area contributed by atoms with Gasteiger partial charge in [0.15, 0.2) is 5.78 Å². The lowest BCUT2D eigenvalue weighted by Crippen LogP contribution is -2.33. The van der Waals surface area contributed by atoms with Gasteiger partial charge in [-0.25, -0.2) is 0 Å². The standard InChI is InChI=1S/C20H41NO2/c1-2-3-4-5-6-7-8-9-10-11-12-13-14-15-16-17-20(23)19(21)18-22/h19,22H,2-18,21H2,1H3. The average Bonchev–Trinajstić information content (AvgIpc) is 2.57. The third-order valence-corrected chi connectivity index (χ3v) is 4.64. The summed E-state index contributed by atoms with van der Waals surface area (Å²) in [6.07, 6.45) is 20.4. The summed E-state index contributed by atoms with van der Waals surface area (Å²) in [5.74, 6) is 0.00203. The van der Waals surface area contributed by atoms with Gasteiger partial charge in [0.1, 0.15) is 0 Å². The molecule has 0 aliphatic heterocycles. The first-order valence-corrected chi connectivity index (χ1v) is 10.1. The molecule has 0 aromatic carbocycles. The molecule has 3 N–H and O–H groups in total. The number of carbonyl (C=O) groups excluding carboxylic acids is 1. The van der Waals surface area contributed by atoms with Crippen LogP contribution in [0.2, 0.25) is 0 Å². The van der Waals surface area contributed by atoms with Crippen molar-refractivity contribution in [2.45, 2.75) is 116 Å². The van der Waals surface area contributed by atoms with Gasteiger partial charge in [-0.15, -0.1) is 0 Å². The van der Waals surface area contributed by atoms with Gasteiger partial charge in [0.05, 0.1) is 12.6 Å². The molecule has 0 rings (SSSR count). The second kappa shape index (κ2) is 17.9. The maximum atomic E-state index is 11.4. The van der Waals surface area contributed by atoms with Gasteiger partial charge in [-0.1, -0.05) is 96.8 Å². The Labute approximate surface area is 144 Å². The monoisotopic (exact) mass is 327 g/mol. The molecule has 0 aromatic heterocycles. The summed E-state index contributed by atoms with van der Waals surface area (Å²) < 4.78 is 0. The van der Waals surface area contributed by atoms with Gasteiger partial charge in [-0.05, 0) is 6.42 Å². The number of hydrogen-bond acceptors (Lipinski definition) is 3. The fourth-order valence-corrected chi connectivity index (χ4v) is 2.96. The van der Waals surface area contributed by atoms with Crippen molar-refractivity contribution < 1.29 is 9.90 Å². The molecule has 0 spiro atoms. The molecule has 0 saturated carbocycles. The number of aliphatic hydroxyl groups excluding tert-OH is 1. The summed E-state index contributed by atoms with van der Waals surface area (Å²) >= 11 is 0. The molecule has 0 amide bonds. The molecule has 0 bridgehead atoms. The van der Waals surface area contributed by atoms with Crippen LogP contribution in [0.3, 0.4) is 0 Å². The molecule has 0 radical (unpaired) electrons. The van der Waals surface area contributed by atoms with Gasteiger partial charge < -0.3 is 10.8 Å². The third kappa shape index (κ3) is 16.2. The number of ketones is 1. The highest BCUT2D eigenvalue weighted by molar-refractivity contribution is 5.83. The van der Waals surface area contributed by atoms with Gasteiger partial charge in [-0.2, -0.15) is 0 Å². The fraction of sp³-hybridized carbons (Fsp3) is 0.950. The molecule has 3 heteroatoms. The summed E-state index contributed by atoms with van der Waals surface area (Å²) in [4.78, 5) is 11.4. The van der Waals surface area contributed by atoms with Crippen molar-refractivity contribution in [1.82, 2.24) is 0 Å². The van der Waals surface area contributed by atoms with Crippen LogP contribution in [0.25, 0.3) is 0 Å². The first-order chi connectivity index (χ1) is 11.2. The van der Waals surface area contributed by atoms with Crippen molar-refractivity contribution in [2.24, 2.45) is 5.73 Å². The Morgan fingerprint density at radius 1 is 0.739 bits per heavy atom. The average molecular weight is 328 g/mol. The Balaban J connectivity index is 3.09. The van der Waals surface area contributed by atoms with E-state index in [0.29, 0.717) is 6.42 Å². The molecule has 1 unspecified atom stereocenters. The quantitative estimate of drug-likeness (QED) is 0.343. The highest BCUT2D eigenvalue weighted by atomic mass is 16.3. The number of aliphatic hydroxyl groups is 1. The van der Waals surface area contributed by atoms with Gasteiger partial charge in [0.2, 0.25) is 0 Å². The van der Waals surface area contributed by atoms with Crippen LogP contribution in [0.1, 0.15) is 110 Å². The molecule has 0 aliphatic rings. The number of rotatable bonds is 18. The van der Waals surface area contributed by atoms with E-state index in [2.05, 4.69) is 6.92 Å². The second-order valence-electron chi connectivity index (χ2n) is 6.96. The van der Waals surface area contributed by atoms with E-state index in [1.165, 1.54) is 83.5 Å². The Morgan fingerprint density at radius 2 is 1.09 bits per heavy atom. The molecule has 0 fully saturated rings. The van der Waals surface area contributed by atoms with Crippen LogP contribution in [0.5, 0.6) is 0 Å². The minimum Gasteiger partial charge on any atom is -0.394 e. The van der Waals surface area contributed by atoms with E-state index in [1.54, 1.807) is 0 Å². The van der Waals surface area contributed by atoms with Crippen molar-refractivity contribution in [2.75, 3.05) is 6.61 Å². The topological polar surface area (TPSA) is 63.3 Å². The summed E-state index contributed by atoms with van der Waals surface area (Å²) in [7, 11) is 0. The van der Waals surface area contributed by atoms with E-state index in [1.807, 2.05) is 0 Å². The van der Waals surface area contributed by atoms with Crippen LogP contribution in [-0.4, -0.2) is 23.5 Å². The molecular weight excluding hydrogens is 286 g/mol. The van der Waals surface area contributed by atoms with Crippen molar-refractivity contribution in [3.05, 3.63) is 0 Å². The zero-order valence-corrected chi connectivity index (χ0v) is 15.5. The van der Waals surface area contributed by atoms with Crippen molar-refractivity contribution >= 4 is 5.78 Å². The summed E-state index contributed by atoms with van der Waals surface area (Å²) in [6, 6.07) is -0.665. The van der Waals surface area contributed by atoms with Gasteiger partial charge in [-0.3, -0.25) is 4.79 Å². The highest BCUT2D eigenvalue weighted by Gasteiger charge is 2.10. The fourth-order valence-electron chi connectivity index (χ4n) is 2.96. The Hall–Kier alpha value is -0.410. The summed E-state index contributed by atoms with van der Waals surface area (Å²) in [6.45, 7) is 2.05. The number of carbonyl (C=O) groups is 1. The Kier molecular flexibility index (Phi) is 17.6. The van der Waals surface area contributed by atoms with Crippen LogP contribution >= 0.6 is 0 Å². The molecule has 0 aliphatic carbocycles. The number of unbranched alkanes of at least 4 members (excludes halogenated alkanes) is 14. The van der Waals surface area contributed by atoms with E-state index >= 15 is 0 Å². The largest absolute Gasteiger partial charge is 0.394 e. The summed E-state index contributed by atoms with van der Waals surface area (Å²) in [5.41, 5.74) is 5.48. The Bertz CT molecular complexity index is 256. The van der Waals surface area contributed by atoms with Crippen LogP contribution in [-0.2, 0) is 4.79 Å². The van der Waals surface area contributed by atoms with Crippen LogP contribution < -0.4 is 5.73 Å². The predicted octanol–water partition coefficient (Wildman–Crippen LogP) is 5.14. The third-order valence-electron chi connectivity index (χ3n) is 4.64.